The second-order valence-corrected chi connectivity index (χ2v) is 16.9. The van der Waals surface area contributed by atoms with E-state index in [1.54, 1.807) is 42.7 Å². The lowest BCUT2D eigenvalue weighted by Gasteiger charge is -2.27. The minimum absolute atomic E-state index is 0.263. The molecule has 0 fully saturated rings. The van der Waals surface area contributed by atoms with Gasteiger partial charge in [0.25, 0.3) is 0 Å². The Labute approximate surface area is 260 Å². The first-order chi connectivity index (χ1) is 19.7. The number of aliphatic imine (C=N–C) groups is 3. The smallest absolute Gasteiger partial charge is 0.377 e. The molecule has 0 rings (SSSR count). The summed E-state index contributed by atoms with van der Waals surface area (Å²) in [5, 5.41) is 6.46. The van der Waals surface area contributed by atoms with Crippen molar-refractivity contribution in [2.24, 2.45) is 15.0 Å². The van der Waals surface area contributed by atoms with Gasteiger partial charge < -0.3 is 42.1 Å². The summed E-state index contributed by atoms with van der Waals surface area (Å²) in [7, 11) is 9.07. The summed E-state index contributed by atoms with van der Waals surface area (Å²) in [5.74, 6) is 0.930. The second-order valence-electron chi connectivity index (χ2n) is 10.7. The second kappa shape index (κ2) is 27.4. The van der Waals surface area contributed by atoms with Crippen LogP contribution in [0.25, 0.3) is 0 Å². The van der Waals surface area contributed by atoms with E-state index >= 15 is 0 Å². The van der Waals surface area contributed by atoms with Crippen LogP contribution in [0.15, 0.2) is 15.0 Å². The van der Waals surface area contributed by atoms with Gasteiger partial charge in [0.05, 0.1) is 18.1 Å². The summed E-state index contributed by atoms with van der Waals surface area (Å²) < 4.78 is 32.1. The SMILES string of the molecule is CC(C)N=C=NC(C)C.CNCCC[Si](OC)(OC)OC.CO[Si](CCCN(C)C(=NC(C)C)NC(C)C)(OC)OC. The van der Waals surface area contributed by atoms with Gasteiger partial charge in [-0.3, -0.25) is 4.99 Å². The van der Waals surface area contributed by atoms with Crippen LogP contribution in [-0.2, 0) is 26.6 Å². The first-order valence-corrected chi connectivity index (χ1v) is 18.7. The van der Waals surface area contributed by atoms with Gasteiger partial charge in [0, 0.05) is 80.4 Å². The van der Waals surface area contributed by atoms with Crippen molar-refractivity contribution >= 4 is 29.6 Å². The van der Waals surface area contributed by atoms with Crippen LogP contribution in [0.3, 0.4) is 0 Å². The van der Waals surface area contributed by atoms with E-state index in [0.717, 1.165) is 44.0 Å². The Balaban J connectivity index is -0.000000609. The van der Waals surface area contributed by atoms with Crippen molar-refractivity contribution in [2.45, 2.75) is 104 Å². The van der Waals surface area contributed by atoms with Crippen LogP contribution >= 0.6 is 0 Å². The summed E-state index contributed by atoms with van der Waals surface area (Å²) >= 11 is 0. The fourth-order valence-electron chi connectivity index (χ4n) is 3.25. The van der Waals surface area contributed by atoms with Crippen molar-refractivity contribution in [3.05, 3.63) is 0 Å². The van der Waals surface area contributed by atoms with E-state index in [-0.39, 0.29) is 6.04 Å². The summed E-state index contributed by atoms with van der Waals surface area (Å²) in [6.45, 7) is 18.2. The molecular formula is C28H66N6O6Si2. The van der Waals surface area contributed by atoms with E-state index < -0.39 is 17.6 Å². The number of rotatable bonds is 18. The van der Waals surface area contributed by atoms with Crippen LogP contribution in [0.4, 0.5) is 0 Å². The Morgan fingerprint density at radius 2 is 1.10 bits per heavy atom. The quantitative estimate of drug-likeness (QED) is 0.0974. The molecule has 0 bridgehead atoms. The summed E-state index contributed by atoms with van der Waals surface area (Å²) in [6, 6.07) is 5.53. The molecule has 12 nitrogen and oxygen atoms in total. The fourth-order valence-corrected chi connectivity index (χ4v) is 6.67. The van der Waals surface area contributed by atoms with Gasteiger partial charge in [0.1, 0.15) is 0 Å². The number of guanidine groups is 1. The first kappa shape index (κ1) is 45.2. The van der Waals surface area contributed by atoms with Crippen LogP contribution in [0.2, 0.25) is 12.1 Å². The van der Waals surface area contributed by atoms with E-state index in [4.69, 9.17) is 26.6 Å². The zero-order valence-corrected chi connectivity index (χ0v) is 31.8. The molecule has 42 heavy (non-hydrogen) atoms. The average molecular weight is 639 g/mol. The van der Waals surface area contributed by atoms with Gasteiger partial charge in [-0.25, -0.2) is 9.98 Å². The Hall–Kier alpha value is -1.20. The largest absolute Gasteiger partial charge is 0.500 e. The average Bonchev–Trinajstić information content (AvgIpc) is 2.93. The van der Waals surface area contributed by atoms with E-state index in [2.05, 4.69) is 64.2 Å². The molecule has 0 radical (unpaired) electrons. The topological polar surface area (TPSA) is 120 Å². The van der Waals surface area contributed by atoms with Gasteiger partial charge in [-0.2, -0.15) is 0 Å². The lowest BCUT2D eigenvalue weighted by molar-refractivity contribution is 0.122. The molecule has 0 atom stereocenters. The van der Waals surface area contributed by atoms with Gasteiger partial charge in [0.2, 0.25) is 0 Å². The molecule has 0 heterocycles. The molecule has 0 aliphatic heterocycles. The van der Waals surface area contributed by atoms with Crippen LogP contribution in [0.5, 0.6) is 0 Å². The third-order valence-corrected chi connectivity index (χ3v) is 11.2. The standard InChI is InChI=1S/C14H33N3O3Si.C7H14N2.C7H19NO3Si/c1-12(2)15-14(16-13(3)4)17(5)10-9-11-21(18-6,19-7)20-8;1-6(2)8-5-9-7(3)4;1-8-6-5-7-12(9-2,10-3)11-4/h12-13H,9-11H2,1-8H3,(H,15,16);6-7H,1-4H3;8H,5-7H2,1-4H3. The molecule has 0 aliphatic rings. The van der Waals surface area contributed by atoms with Crippen molar-refractivity contribution in [2.75, 3.05) is 69.8 Å². The zero-order valence-electron chi connectivity index (χ0n) is 29.8. The van der Waals surface area contributed by atoms with Crippen LogP contribution in [0.1, 0.15) is 68.2 Å². The predicted octanol–water partition coefficient (Wildman–Crippen LogP) is 4.40. The molecule has 0 aliphatic carbocycles. The minimum Gasteiger partial charge on any atom is -0.377 e. The van der Waals surface area contributed by atoms with E-state index in [0.29, 0.717) is 18.1 Å². The summed E-state index contributed by atoms with van der Waals surface area (Å²) in [4.78, 5) is 14.7. The Morgan fingerprint density at radius 1 is 0.690 bits per heavy atom. The molecule has 2 N–H and O–H groups in total. The van der Waals surface area contributed by atoms with Crippen LogP contribution < -0.4 is 10.6 Å². The Kier molecular flexibility index (Phi) is 29.5. The third kappa shape index (κ3) is 24.3. The van der Waals surface area contributed by atoms with Gasteiger partial charge >= 0.3 is 17.6 Å². The maximum Gasteiger partial charge on any atom is 0.500 e. The zero-order chi connectivity index (χ0) is 33.2. The predicted molar refractivity (Wildman–Crippen MR) is 180 cm³/mol. The van der Waals surface area contributed by atoms with Gasteiger partial charge in [-0.05, 0) is 81.8 Å². The van der Waals surface area contributed by atoms with E-state index in [9.17, 15) is 0 Å². The van der Waals surface area contributed by atoms with Gasteiger partial charge in [0.15, 0.2) is 5.96 Å². The van der Waals surface area contributed by atoms with E-state index in [1.807, 2.05) is 41.8 Å². The number of hydrogen-bond acceptors (Lipinski definition) is 10. The summed E-state index contributed by atoms with van der Waals surface area (Å²) in [6.07, 6.45) is 1.94. The van der Waals surface area contributed by atoms with Crippen molar-refractivity contribution in [3.8, 4) is 0 Å². The maximum atomic E-state index is 5.44. The number of nitrogens with zero attached hydrogens (tertiary/aromatic N) is 4. The van der Waals surface area contributed by atoms with Gasteiger partial charge in [-0.1, -0.05) is 0 Å². The highest BCUT2D eigenvalue weighted by Crippen LogP contribution is 2.15. The molecular weight excluding hydrogens is 573 g/mol. The highest BCUT2D eigenvalue weighted by atomic mass is 28.4. The number of hydrogen-bond donors (Lipinski definition) is 2. The van der Waals surface area contributed by atoms with Crippen molar-refractivity contribution in [1.82, 2.24) is 15.5 Å². The third-order valence-electron chi connectivity index (χ3n) is 5.54. The van der Waals surface area contributed by atoms with E-state index in [1.165, 1.54) is 0 Å². The first-order valence-electron chi connectivity index (χ1n) is 14.8. The number of nitrogens with one attached hydrogen (secondary N) is 2. The molecule has 0 saturated heterocycles. The van der Waals surface area contributed by atoms with Crippen molar-refractivity contribution in [3.63, 3.8) is 0 Å². The monoisotopic (exact) mass is 638 g/mol. The molecule has 0 unspecified atom stereocenters. The molecule has 14 heteroatoms. The summed E-state index contributed by atoms with van der Waals surface area (Å²) in [5.41, 5.74) is 0. The molecule has 252 valence electrons. The lowest BCUT2D eigenvalue weighted by Crippen LogP contribution is -2.45. The molecule has 0 aromatic rings. The normalized spacial score (nSPS) is 12.0. The van der Waals surface area contributed by atoms with Crippen LogP contribution in [-0.4, -0.2) is 128 Å². The highest BCUT2D eigenvalue weighted by Gasteiger charge is 2.37. The maximum absolute atomic E-state index is 5.44. The fraction of sp³-hybridized carbons (Fsp3) is 0.929. The van der Waals surface area contributed by atoms with Gasteiger partial charge in [-0.15, -0.1) is 0 Å². The molecule has 0 spiro atoms. The minimum atomic E-state index is -2.47. The highest BCUT2D eigenvalue weighted by molar-refractivity contribution is 6.60. The molecule has 0 aromatic carbocycles. The van der Waals surface area contributed by atoms with Crippen LogP contribution in [0, 0.1) is 0 Å². The molecule has 0 amide bonds. The van der Waals surface area contributed by atoms with Crippen molar-refractivity contribution in [1.29, 1.82) is 0 Å². The lowest BCUT2D eigenvalue weighted by atomic mass is 10.4. The Morgan fingerprint density at radius 3 is 1.40 bits per heavy atom. The Bertz CT molecular complexity index is 686. The molecule has 0 aromatic heterocycles. The molecule has 0 saturated carbocycles. The van der Waals surface area contributed by atoms with Crippen molar-refractivity contribution < 1.29 is 26.6 Å².